The first kappa shape index (κ1) is 15.0. The van der Waals surface area contributed by atoms with Crippen molar-refractivity contribution in [2.45, 2.75) is 6.42 Å². The van der Waals surface area contributed by atoms with E-state index in [1.54, 1.807) is 6.07 Å². The van der Waals surface area contributed by atoms with Gasteiger partial charge in [-0.3, -0.25) is 4.57 Å². The molecular formula is C15H10Br2ClFN2. The highest BCUT2D eigenvalue weighted by Crippen LogP contribution is 2.30. The van der Waals surface area contributed by atoms with Crippen molar-refractivity contribution in [1.29, 1.82) is 0 Å². The molecule has 0 amide bonds. The van der Waals surface area contributed by atoms with Gasteiger partial charge in [-0.15, -0.1) is 11.6 Å². The molecule has 0 atom stereocenters. The van der Waals surface area contributed by atoms with Gasteiger partial charge in [0.25, 0.3) is 0 Å². The Labute approximate surface area is 143 Å². The van der Waals surface area contributed by atoms with Crippen molar-refractivity contribution in [3.63, 3.8) is 0 Å². The number of nitrogens with zero attached hydrogens (tertiary/aromatic N) is 2. The Hall–Kier alpha value is -0.910. The van der Waals surface area contributed by atoms with E-state index in [-0.39, 0.29) is 5.82 Å². The number of aryl methyl sites for hydroxylation is 1. The average Bonchev–Trinajstić information content (AvgIpc) is 2.82. The lowest BCUT2D eigenvalue weighted by Crippen LogP contribution is -2.03. The van der Waals surface area contributed by atoms with E-state index in [0.717, 1.165) is 26.0 Å². The monoisotopic (exact) mass is 430 g/mol. The van der Waals surface area contributed by atoms with Gasteiger partial charge in [-0.05, 0) is 46.3 Å². The zero-order chi connectivity index (χ0) is 15.0. The van der Waals surface area contributed by atoms with Gasteiger partial charge in [0, 0.05) is 21.2 Å². The van der Waals surface area contributed by atoms with E-state index in [4.69, 9.17) is 11.6 Å². The molecule has 1 heterocycles. The standard InChI is InChI=1S/C15H10Br2ClFN2/c16-9-4-5-10(17)13(8-9)21-12-3-1-2-11(19)15(12)20-14(21)6-7-18/h1-5,8H,6-7H2. The van der Waals surface area contributed by atoms with Gasteiger partial charge in [0.05, 0.1) is 11.2 Å². The second-order valence-electron chi connectivity index (χ2n) is 4.51. The van der Waals surface area contributed by atoms with Crippen molar-refractivity contribution in [1.82, 2.24) is 9.55 Å². The largest absolute Gasteiger partial charge is 0.295 e. The number of hydrogen-bond acceptors (Lipinski definition) is 1. The van der Waals surface area contributed by atoms with Crippen LogP contribution in [-0.2, 0) is 6.42 Å². The molecule has 2 aromatic carbocycles. The number of alkyl halides is 1. The molecule has 0 spiro atoms. The maximum Gasteiger partial charge on any atom is 0.151 e. The Balaban J connectivity index is 2.36. The molecule has 3 rings (SSSR count). The van der Waals surface area contributed by atoms with Crippen molar-refractivity contribution in [3.05, 3.63) is 57.0 Å². The molecule has 0 radical (unpaired) electrons. The maximum atomic E-state index is 14.0. The maximum absolute atomic E-state index is 14.0. The van der Waals surface area contributed by atoms with Crippen LogP contribution in [0.4, 0.5) is 4.39 Å². The Morgan fingerprint density at radius 1 is 1.19 bits per heavy atom. The molecule has 0 bridgehead atoms. The summed E-state index contributed by atoms with van der Waals surface area (Å²) in [5.41, 5.74) is 2.00. The molecule has 1 aromatic heterocycles. The van der Waals surface area contributed by atoms with E-state index in [1.165, 1.54) is 6.07 Å². The van der Waals surface area contributed by atoms with E-state index in [9.17, 15) is 4.39 Å². The Morgan fingerprint density at radius 2 is 2.00 bits per heavy atom. The first-order chi connectivity index (χ1) is 10.1. The minimum atomic E-state index is -0.326. The minimum Gasteiger partial charge on any atom is -0.295 e. The molecule has 108 valence electrons. The van der Waals surface area contributed by atoms with Crippen LogP contribution >= 0.6 is 43.5 Å². The van der Waals surface area contributed by atoms with Crippen LogP contribution in [0.2, 0.25) is 0 Å². The van der Waals surface area contributed by atoms with Crippen LogP contribution in [-0.4, -0.2) is 15.4 Å². The highest BCUT2D eigenvalue weighted by atomic mass is 79.9. The van der Waals surface area contributed by atoms with Gasteiger partial charge >= 0.3 is 0 Å². The predicted molar refractivity (Wildman–Crippen MR) is 90.9 cm³/mol. The predicted octanol–water partition coefficient (Wildman–Crippen LogP) is 5.47. The van der Waals surface area contributed by atoms with E-state index >= 15 is 0 Å². The summed E-state index contributed by atoms with van der Waals surface area (Å²) in [6, 6.07) is 10.8. The molecule has 0 aliphatic heterocycles. The molecule has 3 aromatic rings. The molecular weight excluding hydrogens is 422 g/mol. The Kier molecular flexibility index (Phi) is 4.33. The summed E-state index contributed by atoms with van der Waals surface area (Å²) in [6.07, 6.45) is 0.564. The molecule has 6 heteroatoms. The lowest BCUT2D eigenvalue weighted by molar-refractivity contribution is 0.637. The third-order valence-electron chi connectivity index (χ3n) is 3.17. The number of imidazole rings is 1. The number of para-hydroxylation sites is 1. The fourth-order valence-electron chi connectivity index (χ4n) is 2.29. The topological polar surface area (TPSA) is 17.8 Å². The first-order valence-corrected chi connectivity index (χ1v) is 8.41. The number of aromatic nitrogens is 2. The molecule has 0 fully saturated rings. The molecule has 0 N–H and O–H groups in total. The molecule has 0 aliphatic carbocycles. The summed E-state index contributed by atoms with van der Waals surface area (Å²) >= 11 is 12.9. The average molecular weight is 433 g/mol. The van der Waals surface area contributed by atoms with Crippen LogP contribution in [0.5, 0.6) is 0 Å². The molecule has 0 saturated carbocycles. The highest BCUT2D eigenvalue weighted by molar-refractivity contribution is 9.11. The minimum absolute atomic E-state index is 0.326. The second-order valence-corrected chi connectivity index (χ2v) is 6.65. The van der Waals surface area contributed by atoms with Crippen LogP contribution in [0, 0.1) is 5.82 Å². The zero-order valence-corrected chi connectivity index (χ0v) is 14.7. The van der Waals surface area contributed by atoms with Crippen LogP contribution in [0.3, 0.4) is 0 Å². The van der Waals surface area contributed by atoms with Crippen molar-refractivity contribution in [2.75, 3.05) is 5.88 Å². The smallest absolute Gasteiger partial charge is 0.151 e. The molecule has 2 nitrogen and oxygen atoms in total. The number of halogens is 4. The van der Waals surface area contributed by atoms with Gasteiger partial charge in [-0.25, -0.2) is 9.37 Å². The number of benzene rings is 2. The second kappa shape index (κ2) is 6.07. The van der Waals surface area contributed by atoms with Crippen LogP contribution < -0.4 is 0 Å². The van der Waals surface area contributed by atoms with Gasteiger partial charge in [0.2, 0.25) is 0 Å². The van der Waals surface area contributed by atoms with Crippen molar-refractivity contribution >= 4 is 54.5 Å². The van der Waals surface area contributed by atoms with Crippen LogP contribution in [0.15, 0.2) is 45.3 Å². The Morgan fingerprint density at radius 3 is 2.76 bits per heavy atom. The van der Waals surface area contributed by atoms with E-state index in [0.29, 0.717) is 17.8 Å². The number of rotatable bonds is 3. The van der Waals surface area contributed by atoms with Crippen LogP contribution in [0.25, 0.3) is 16.7 Å². The summed E-state index contributed by atoms with van der Waals surface area (Å²) in [7, 11) is 0. The fraction of sp³-hybridized carbons (Fsp3) is 0.133. The zero-order valence-electron chi connectivity index (χ0n) is 10.8. The van der Waals surface area contributed by atoms with E-state index in [1.807, 2.05) is 28.8 Å². The number of fused-ring (bicyclic) bond motifs is 1. The van der Waals surface area contributed by atoms with E-state index < -0.39 is 0 Å². The first-order valence-electron chi connectivity index (χ1n) is 6.29. The van der Waals surface area contributed by atoms with Crippen molar-refractivity contribution in [3.8, 4) is 5.69 Å². The molecule has 0 aliphatic rings. The van der Waals surface area contributed by atoms with Gasteiger partial charge in [0.15, 0.2) is 5.82 Å². The lowest BCUT2D eigenvalue weighted by atomic mass is 10.2. The third kappa shape index (κ3) is 2.74. The van der Waals surface area contributed by atoms with E-state index in [2.05, 4.69) is 36.8 Å². The highest BCUT2D eigenvalue weighted by Gasteiger charge is 2.16. The molecule has 21 heavy (non-hydrogen) atoms. The quantitative estimate of drug-likeness (QED) is 0.502. The van der Waals surface area contributed by atoms with Gasteiger partial charge in [0.1, 0.15) is 11.3 Å². The molecule has 0 saturated heterocycles. The van der Waals surface area contributed by atoms with Crippen molar-refractivity contribution in [2.24, 2.45) is 0 Å². The van der Waals surface area contributed by atoms with Crippen LogP contribution in [0.1, 0.15) is 5.82 Å². The summed E-state index contributed by atoms with van der Waals surface area (Å²) in [4.78, 5) is 4.42. The van der Waals surface area contributed by atoms with Gasteiger partial charge in [-0.2, -0.15) is 0 Å². The SMILES string of the molecule is Fc1cccc2c1nc(CCCl)n2-c1cc(Br)ccc1Br. The summed E-state index contributed by atoms with van der Waals surface area (Å²) in [5, 5.41) is 0. The van der Waals surface area contributed by atoms with Gasteiger partial charge < -0.3 is 0 Å². The van der Waals surface area contributed by atoms with Gasteiger partial charge in [-0.1, -0.05) is 22.0 Å². The normalized spacial score (nSPS) is 11.2. The third-order valence-corrected chi connectivity index (χ3v) is 4.53. The summed E-state index contributed by atoms with van der Waals surface area (Å²) < 4.78 is 17.8. The van der Waals surface area contributed by atoms with Crippen molar-refractivity contribution < 1.29 is 4.39 Å². The summed E-state index contributed by atoms with van der Waals surface area (Å²) in [6.45, 7) is 0. The summed E-state index contributed by atoms with van der Waals surface area (Å²) in [5.74, 6) is 0.841. The lowest BCUT2D eigenvalue weighted by Gasteiger charge is -2.11. The fourth-order valence-corrected chi connectivity index (χ4v) is 3.23. The number of hydrogen-bond donors (Lipinski definition) is 0. The molecule has 0 unspecified atom stereocenters. The Bertz CT molecular complexity index is 817.